The highest BCUT2D eigenvalue weighted by molar-refractivity contribution is 7.80. The Hall–Kier alpha value is -1.22. The maximum absolute atomic E-state index is 11.4. The lowest BCUT2D eigenvalue weighted by atomic mass is 10.2. The summed E-state index contributed by atoms with van der Waals surface area (Å²) in [6.45, 7) is 1.91. The van der Waals surface area contributed by atoms with Crippen LogP contribution in [0.15, 0.2) is 30.3 Å². The van der Waals surface area contributed by atoms with Crippen molar-refractivity contribution in [3.05, 3.63) is 35.9 Å². The van der Waals surface area contributed by atoms with E-state index in [1.165, 1.54) is 0 Å². The molecule has 0 saturated heterocycles. The molecular weight excluding hydrogens is 182 g/mol. The summed E-state index contributed by atoms with van der Waals surface area (Å²) in [4.78, 5) is 12.0. The molecule has 0 aliphatic rings. The largest absolute Gasteiger partial charge is 0.316 e. The van der Waals surface area contributed by atoms with Crippen LogP contribution < -0.4 is 5.32 Å². The second-order valence-electron chi connectivity index (χ2n) is 2.60. The van der Waals surface area contributed by atoms with Gasteiger partial charge < -0.3 is 5.32 Å². The van der Waals surface area contributed by atoms with Gasteiger partial charge in [-0.3, -0.25) is 4.79 Å². The SMILES string of the molecule is CCC(=S)NC(=O)c1ccccc1. The first-order valence-corrected chi connectivity index (χ1v) is 4.54. The lowest BCUT2D eigenvalue weighted by Crippen LogP contribution is -2.28. The molecule has 68 valence electrons. The van der Waals surface area contributed by atoms with E-state index in [1.54, 1.807) is 12.1 Å². The standard InChI is InChI=1S/C10H11NOS/c1-2-9(13)11-10(12)8-6-4-3-5-7-8/h3-7H,2H2,1H3,(H,11,12,13). The lowest BCUT2D eigenvalue weighted by molar-refractivity contribution is 0.0977. The molecule has 0 radical (unpaired) electrons. The summed E-state index contributed by atoms with van der Waals surface area (Å²) in [6.07, 6.45) is 0.688. The van der Waals surface area contributed by atoms with Gasteiger partial charge in [0.2, 0.25) is 0 Å². The Balaban J connectivity index is 2.65. The molecule has 1 N–H and O–H groups in total. The molecule has 1 amide bonds. The lowest BCUT2D eigenvalue weighted by Gasteiger charge is -2.03. The van der Waals surface area contributed by atoms with E-state index in [0.29, 0.717) is 17.0 Å². The molecule has 0 aromatic heterocycles. The molecule has 1 rings (SSSR count). The highest BCUT2D eigenvalue weighted by Gasteiger charge is 2.04. The molecule has 1 aromatic carbocycles. The second-order valence-corrected chi connectivity index (χ2v) is 3.09. The summed E-state index contributed by atoms with van der Waals surface area (Å²) >= 11 is 4.90. The van der Waals surface area contributed by atoms with Crippen molar-refractivity contribution in [1.82, 2.24) is 5.32 Å². The van der Waals surface area contributed by atoms with Crippen LogP contribution in [0.25, 0.3) is 0 Å². The Kier molecular flexibility index (Phi) is 3.58. The summed E-state index contributed by atoms with van der Waals surface area (Å²) in [5.41, 5.74) is 0.637. The molecular formula is C10H11NOS. The van der Waals surface area contributed by atoms with Gasteiger partial charge in [-0.25, -0.2) is 0 Å². The average Bonchev–Trinajstić information content (AvgIpc) is 2.19. The number of hydrogen-bond acceptors (Lipinski definition) is 2. The topological polar surface area (TPSA) is 29.1 Å². The van der Waals surface area contributed by atoms with E-state index < -0.39 is 0 Å². The van der Waals surface area contributed by atoms with Gasteiger partial charge in [0.05, 0.1) is 4.99 Å². The predicted molar refractivity (Wildman–Crippen MR) is 56.8 cm³/mol. The van der Waals surface area contributed by atoms with Gasteiger partial charge in [-0.15, -0.1) is 0 Å². The zero-order valence-electron chi connectivity index (χ0n) is 7.41. The minimum absolute atomic E-state index is 0.132. The normalized spacial score (nSPS) is 9.31. The molecule has 13 heavy (non-hydrogen) atoms. The number of thiocarbonyl (C=S) groups is 1. The molecule has 2 nitrogen and oxygen atoms in total. The van der Waals surface area contributed by atoms with Crippen LogP contribution in [0.3, 0.4) is 0 Å². The Morgan fingerprint density at radius 3 is 2.54 bits per heavy atom. The number of nitrogens with one attached hydrogen (secondary N) is 1. The van der Waals surface area contributed by atoms with Crippen LogP contribution in [-0.2, 0) is 0 Å². The van der Waals surface area contributed by atoms with Gasteiger partial charge in [-0.1, -0.05) is 37.3 Å². The molecule has 1 aromatic rings. The number of benzene rings is 1. The van der Waals surface area contributed by atoms with E-state index >= 15 is 0 Å². The minimum atomic E-state index is -0.132. The summed E-state index contributed by atoms with van der Waals surface area (Å²) in [6, 6.07) is 9.03. The summed E-state index contributed by atoms with van der Waals surface area (Å²) in [5, 5.41) is 2.64. The number of rotatable bonds is 2. The van der Waals surface area contributed by atoms with Gasteiger partial charge in [0.15, 0.2) is 0 Å². The van der Waals surface area contributed by atoms with E-state index in [9.17, 15) is 4.79 Å². The Bertz CT molecular complexity index is 308. The second kappa shape index (κ2) is 4.72. The molecule has 3 heteroatoms. The molecule has 0 fully saturated rings. The smallest absolute Gasteiger partial charge is 0.256 e. The van der Waals surface area contributed by atoms with Crippen LogP contribution >= 0.6 is 12.2 Å². The fraction of sp³-hybridized carbons (Fsp3) is 0.200. The molecule has 0 atom stereocenters. The van der Waals surface area contributed by atoms with Crippen molar-refractivity contribution < 1.29 is 4.79 Å². The van der Waals surface area contributed by atoms with Crippen LogP contribution in [0.5, 0.6) is 0 Å². The maximum atomic E-state index is 11.4. The molecule has 0 bridgehead atoms. The van der Waals surface area contributed by atoms with Gasteiger partial charge in [0.1, 0.15) is 0 Å². The van der Waals surface area contributed by atoms with Crippen molar-refractivity contribution in [3.8, 4) is 0 Å². The van der Waals surface area contributed by atoms with Crippen molar-refractivity contribution >= 4 is 23.1 Å². The number of amides is 1. The van der Waals surface area contributed by atoms with Crippen molar-refractivity contribution in [2.24, 2.45) is 0 Å². The monoisotopic (exact) mass is 193 g/mol. The third kappa shape index (κ3) is 2.95. The van der Waals surface area contributed by atoms with Gasteiger partial charge >= 0.3 is 0 Å². The Labute approximate surface area is 83.0 Å². The molecule has 0 aliphatic heterocycles. The van der Waals surface area contributed by atoms with E-state index in [1.807, 2.05) is 25.1 Å². The van der Waals surface area contributed by atoms with Gasteiger partial charge in [0.25, 0.3) is 5.91 Å². The van der Waals surface area contributed by atoms with Gasteiger partial charge in [0, 0.05) is 5.56 Å². The third-order valence-electron chi connectivity index (χ3n) is 1.61. The van der Waals surface area contributed by atoms with Crippen molar-refractivity contribution in [1.29, 1.82) is 0 Å². The van der Waals surface area contributed by atoms with Crippen LogP contribution in [0.4, 0.5) is 0 Å². The average molecular weight is 193 g/mol. The number of hydrogen-bond donors (Lipinski definition) is 1. The first-order valence-electron chi connectivity index (χ1n) is 4.13. The van der Waals surface area contributed by atoms with Crippen molar-refractivity contribution in [3.63, 3.8) is 0 Å². The third-order valence-corrected chi connectivity index (χ3v) is 2.00. The van der Waals surface area contributed by atoms with Crippen molar-refractivity contribution in [2.75, 3.05) is 0 Å². The van der Waals surface area contributed by atoms with E-state index in [4.69, 9.17) is 12.2 Å². The van der Waals surface area contributed by atoms with Crippen molar-refractivity contribution in [2.45, 2.75) is 13.3 Å². The summed E-state index contributed by atoms with van der Waals surface area (Å²) < 4.78 is 0. The van der Waals surface area contributed by atoms with E-state index in [2.05, 4.69) is 5.32 Å². The van der Waals surface area contributed by atoms with Crippen LogP contribution in [0.2, 0.25) is 0 Å². The van der Waals surface area contributed by atoms with E-state index in [-0.39, 0.29) is 5.91 Å². The Morgan fingerprint density at radius 2 is 2.00 bits per heavy atom. The highest BCUT2D eigenvalue weighted by Crippen LogP contribution is 1.98. The predicted octanol–water partition coefficient (Wildman–Crippen LogP) is 2.15. The van der Waals surface area contributed by atoms with Crippen LogP contribution in [-0.4, -0.2) is 10.9 Å². The maximum Gasteiger partial charge on any atom is 0.256 e. The fourth-order valence-electron chi connectivity index (χ4n) is 0.877. The highest BCUT2D eigenvalue weighted by atomic mass is 32.1. The zero-order valence-corrected chi connectivity index (χ0v) is 8.23. The molecule has 0 aliphatic carbocycles. The molecule has 0 saturated carbocycles. The van der Waals surface area contributed by atoms with Gasteiger partial charge in [-0.2, -0.15) is 0 Å². The molecule has 0 heterocycles. The number of carbonyl (C=O) groups excluding carboxylic acids is 1. The van der Waals surface area contributed by atoms with Gasteiger partial charge in [-0.05, 0) is 18.6 Å². The summed E-state index contributed by atoms with van der Waals surface area (Å²) in [7, 11) is 0. The first-order chi connectivity index (χ1) is 6.24. The molecule has 0 unspecified atom stereocenters. The zero-order chi connectivity index (χ0) is 9.68. The number of carbonyl (C=O) groups is 1. The van der Waals surface area contributed by atoms with E-state index in [0.717, 1.165) is 0 Å². The molecule has 0 spiro atoms. The summed E-state index contributed by atoms with van der Waals surface area (Å²) in [5.74, 6) is -0.132. The quantitative estimate of drug-likeness (QED) is 0.729. The Morgan fingerprint density at radius 1 is 1.38 bits per heavy atom. The van der Waals surface area contributed by atoms with Crippen LogP contribution in [0, 0.1) is 0 Å². The minimum Gasteiger partial charge on any atom is -0.316 e. The van der Waals surface area contributed by atoms with Crippen LogP contribution in [0.1, 0.15) is 23.7 Å². The first kappa shape index (κ1) is 9.86. The fourth-order valence-corrected chi connectivity index (χ4v) is 0.969.